The van der Waals surface area contributed by atoms with Gasteiger partial charge in [0.1, 0.15) is 0 Å². The molecule has 1 amide bonds. The normalized spacial score (nSPS) is 19.9. The van der Waals surface area contributed by atoms with Gasteiger partial charge < -0.3 is 10.2 Å². The molecule has 0 saturated carbocycles. The van der Waals surface area contributed by atoms with E-state index in [-0.39, 0.29) is 29.8 Å². The Labute approximate surface area is 171 Å². The molecule has 0 unspecified atom stereocenters. The van der Waals surface area contributed by atoms with Gasteiger partial charge in [0.05, 0.1) is 4.90 Å². The summed E-state index contributed by atoms with van der Waals surface area (Å²) in [5.74, 6) is -2.53. The molecule has 1 aromatic rings. The van der Waals surface area contributed by atoms with Crippen molar-refractivity contribution in [2.24, 2.45) is 5.92 Å². The third kappa shape index (κ3) is 5.73. The lowest BCUT2D eigenvalue weighted by molar-refractivity contribution is -0.126. The summed E-state index contributed by atoms with van der Waals surface area (Å²) in [6, 6.07) is 2.58. The standard InChI is InChI=1S/C20H29F2N3O3S/c21-18-6-5-17(15-19(18)22)29(27,28)25-13-7-16(8-14-25)20(26)23-9-4-12-24-10-2-1-3-11-24/h5-6,15-16H,1-4,7-14H2,(H,23,26). The van der Waals surface area contributed by atoms with Crippen molar-refractivity contribution in [3.8, 4) is 0 Å². The zero-order chi connectivity index (χ0) is 20.9. The van der Waals surface area contributed by atoms with Crippen LogP contribution in [0, 0.1) is 17.6 Å². The van der Waals surface area contributed by atoms with Crippen molar-refractivity contribution in [2.45, 2.75) is 43.4 Å². The van der Waals surface area contributed by atoms with E-state index < -0.39 is 21.7 Å². The van der Waals surface area contributed by atoms with Crippen LogP contribution >= 0.6 is 0 Å². The number of hydrogen-bond donors (Lipinski definition) is 1. The summed E-state index contributed by atoms with van der Waals surface area (Å²) in [5.41, 5.74) is 0. The van der Waals surface area contributed by atoms with E-state index in [1.807, 2.05) is 0 Å². The SMILES string of the molecule is O=C(NCCCN1CCCCC1)C1CCN(S(=O)(=O)c2ccc(F)c(F)c2)CC1. The molecule has 0 aromatic heterocycles. The van der Waals surface area contributed by atoms with Crippen LogP contribution in [-0.2, 0) is 14.8 Å². The maximum Gasteiger partial charge on any atom is 0.243 e. The monoisotopic (exact) mass is 429 g/mol. The molecular formula is C20H29F2N3O3S. The van der Waals surface area contributed by atoms with E-state index in [4.69, 9.17) is 0 Å². The maximum absolute atomic E-state index is 13.4. The van der Waals surface area contributed by atoms with Crippen molar-refractivity contribution in [3.63, 3.8) is 0 Å². The van der Waals surface area contributed by atoms with E-state index in [2.05, 4.69) is 10.2 Å². The second kappa shape index (κ2) is 9.95. The van der Waals surface area contributed by atoms with Crippen LogP contribution < -0.4 is 5.32 Å². The molecule has 29 heavy (non-hydrogen) atoms. The van der Waals surface area contributed by atoms with E-state index in [1.165, 1.54) is 23.6 Å². The van der Waals surface area contributed by atoms with E-state index >= 15 is 0 Å². The Kier molecular flexibility index (Phi) is 7.59. The average Bonchev–Trinajstić information content (AvgIpc) is 2.74. The second-order valence-electron chi connectivity index (χ2n) is 7.80. The summed E-state index contributed by atoms with van der Waals surface area (Å²) in [4.78, 5) is 14.5. The highest BCUT2D eigenvalue weighted by atomic mass is 32.2. The topological polar surface area (TPSA) is 69.7 Å². The first-order chi connectivity index (χ1) is 13.9. The molecule has 2 heterocycles. The van der Waals surface area contributed by atoms with Gasteiger partial charge in [-0.15, -0.1) is 0 Å². The van der Waals surface area contributed by atoms with Gasteiger partial charge in [-0.3, -0.25) is 4.79 Å². The highest BCUT2D eigenvalue weighted by Gasteiger charge is 2.32. The van der Waals surface area contributed by atoms with Crippen molar-refractivity contribution in [3.05, 3.63) is 29.8 Å². The van der Waals surface area contributed by atoms with Crippen molar-refractivity contribution >= 4 is 15.9 Å². The smallest absolute Gasteiger partial charge is 0.243 e. The number of rotatable bonds is 7. The summed E-state index contributed by atoms with van der Waals surface area (Å²) in [7, 11) is -3.89. The number of amides is 1. The van der Waals surface area contributed by atoms with Gasteiger partial charge in [0.15, 0.2) is 11.6 Å². The molecule has 2 aliphatic heterocycles. The molecule has 0 bridgehead atoms. The molecule has 2 fully saturated rings. The summed E-state index contributed by atoms with van der Waals surface area (Å²) < 4.78 is 52.9. The van der Waals surface area contributed by atoms with Crippen LogP contribution in [0.15, 0.2) is 23.1 Å². The molecule has 1 N–H and O–H groups in total. The Morgan fingerprint density at radius 3 is 2.38 bits per heavy atom. The third-order valence-electron chi connectivity index (χ3n) is 5.75. The van der Waals surface area contributed by atoms with Gasteiger partial charge in [-0.05, 0) is 69.9 Å². The van der Waals surface area contributed by atoms with Crippen molar-refractivity contribution < 1.29 is 22.0 Å². The quantitative estimate of drug-likeness (QED) is 0.676. The molecule has 1 aromatic carbocycles. The lowest BCUT2D eigenvalue weighted by atomic mass is 9.97. The van der Waals surface area contributed by atoms with Crippen LogP contribution in [0.25, 0.3) is 0 Å². The fourth-order valence-electron chi connectivity index (χ4n) is 3.99. The molecule has 6 nitrogen and oxygen atoms in total. The van der Waals surface area contributed by atoms with E-state index in [1.54, 1.807) is 0 Å². The number of carbonyl (C=O) groups is 1. The predicted octanol–water partition coefficient (Wildman–Crippen LogP) is 2.36. The number of likely N-dealkylation sites (tertiary alicyclic amines) is 1. The first-order valence-electron chi connectivity index (χ1n) is 10.3. The molecule has 3 rings (SSSR count). The van der Waals surface area contributed by atoms with Gasteiger partial charge in [0.25, 0.3) is 0 Å². The van der Waals surface area contributed by atoms with Crippen molar-refractivity contribution in [2.75, 3.05) is 39.3 Å². The van der Waals surface area contributed by atoms with Gasteiger partial charge in [0, 0.05) is 25.6 Å². The number of piperidine rings is 2. The molecule has 162 valence electrons. The fraction of sp³-hybridized carbons (Fsp3) is 0.650. The first kappa shape index (κ1) is 22.1. The number of nitrogens with zero attached hydrogens (tertiary/aromatic N) is 2. The van der Waals surface area contributed by atoms with Crippen LogP contribution in [0.1, 0.15) is 38.5 Å². The lowest BCUT2D eigenvalue weighted by Gasteiger charge is -2.30. The van der Waals surface area contributed by atoms with Crippen molar-refractivity contribution in [1.29, 1.82) is 0 Å². The Bertz CT molecular complexity index is 805. The zero-order valence-corrected chi connectivity index (χ0v) is 17.4. The van der Waals surface area contributed by atoms with Crippen LogP contribution in [0.2, 0.25) is 0 Å². The van der Waals surface area contributed by atoms with E-state index in [9.17, 15) is 22.0 Å². The number of nitrogens with one attached hydrogen (secondary N) is 1. The van der Waals surface area contributed by atoms with Crippen LogP contribution in [-0.4, -0.2) is 62.8 Å². The number of hydrogen-bond acceptors (Lipinski definition) is 4. The van der Waals surface area contributed by atoms with Gasteiger partial charge in [-0.25, -0.2) is 17.2 Å². The average molecular weight is 430 g/mol. The molecule has 2 saturated heterocycles. The van der Waals surface area contributed by atoms with E-state index in [0.717, 1.165) is 38.2 Å². The predicted molar refractivity (Wildman–Crippen MR) is 106 cm³/mol. The van der Waals surface area contributed by atoms with Crippen LogP contribution in [0.3, 0.4) is 0 Å². The molecule has 0 spiro atoms. The lowest BCUT2D eigenvalue weighted by Crippen LogP contribution is -2.43. The summed E-state index contributed by atoms with van der Waals surface area (Å²) in [6.07, 6.45) is 5.55. The molecule has 0 radical (unpaired) electrons. The van der Waals surface area contributed by atoms with Crippen molar-refractivity contribution in [1.82, 2.24) is 14.5 Å². The molecular weight excluding hydrogens is 400 g/mol. The van der Waals surface area contributed by atoms with Crippen LogP contribution in [0.5, 0.6) is 0 Å². The number of sulfonamides is 1. The molecule has 2 aliphatic rings. The first-order valence-corrected chi connectivity index (χ1v) is 11.8. The second-order valence-corrected chi connectivity index (χ2v) is 9.74. The highest BCUT2D eigenvalue weighted by Crippen LogP contribution is 2.25. The zero-order valence-electron chi connectivity index (χ0n) is 16.6. The van der Waals surface area contributed by atoms with Crippen LogP contribution in [0.4, 0.5) is 8.78 Å². The summed E-state index contributed by atoms with van der Waals surface area (Å²) in [6.45, 7) is 4.27. The third-order valence-corrected chi connectivity index (χ3v) is 7.65. The highest BCUT2D eigenvalue weighted by molar-refractivity contribution is 7.89. The largest absolute Gasteiger partial charge is 0.356 e. The van der Waals surface area contributed by atoms with E-state index in [0.29, 0.717) is 25.5 Å². The molecule has 9 heteroatoms. The minimum absolute atomic E-state index is 0.0338. The number of benzene rings is 1. The van der Waals surface area contributed by atoms with Gasteiger partial charge >= 0.3 is 0 Å². The molecule has 0 aliphatic carbocycles. The Balaban J connectivity index is 1.43. The Morgan fingerprint density at radius 2 is 1.72 bits per heavy atom. The van der Waals surface area contributed by atoms with Gasteiger partial charge in [-0.1, -0.05) is 6.42 Å². The fourth-order valence-corrected chi connectivity index (χ4v) is 5.47. The Hall–Kier alpha value is -1.58. The van der Waals surface area contributed by atoms with Gasteiger partial charge in [-0.2, -0.15) is 4.31 Å². The minimum Gasteiger partial charge on any atom is -0.356 e. The summed E-state index contributed by atoms with van der Waals surface area (Å²) >= 11 is 0. The number of carbonyl (C=O) groups excluding carboxylic acids is 1. The summed E-state index contributed by atoms with van der Waals surface area (Å²) in [5, 5.41) is 2.97. The molecule has 0 atom stereocenters. The van der Waals surface area contributed by atoms with Gasteiger partial charge in [0.2, 0.25) is 15.9 Å². The number of halogens is 2. The minimum atomic E-state index is -3.89. The maximum atomic E-state index is 13.4. The Morgan fingerprint density at radius 1 is 1.03 bits per heavy atom.